The van der Waals surface area contributed by atoms with Gasteiger partial charge >= 0.3 is 0 Å². The van der Waals surface area contributed by atoms with Crippen molar-refractivity contribution < 1.29 is 19.2 Å². The fourth-order valence-electron chi connectivity index (χ4n) is 2.83. The molecule has 0 heterocycles. The number of hydrogen-bond acceptors (Lipinski definition) is 3. The van der Waals surface area contributed by atoms with Gasteiger partial charge in [0.25, 0.3) is 11.8 Å². The number of benzene rings is 2. The van der Waals surface area contributed by atoms with Gasteiger partial charge in [-0.25, -0.2) is 0 Å². The van der Waals surface area contributed by atoms with E-state index in [9.17, 15) is 9.59 Å². The van der Waals surface area contributed by atoms with Gasteiger partial charge in [-0.1, -0.05) is 11.6 Å². The Morgan fingerprint density at radius 2 is 1.66 bits per heavy atom. The maximum Gasteiger partial charge on any atom is 0.279 e. The first-order valence-electron chi connectivity index (χ1n) is 9.81. The Morgan fingerprint density at radius 3 is 2.24 bits per heavy atom. The summed E-state index contributed by atoms with van der Waals surface area (Å²) in [5.74, 6) is 0.667. The number of hydrogen-bond donors (Lipinski definition) is 2. The molecule has 0 aliphatic carbocycles. The third-order valence-electron chi connectivity index (χ3n) is 4.54. The minimum absolute atomic E-state index is 0.00209. The molecule has 2 amide bonds. The average molecular weight is 419 g/mol. The number of carbonyl (C=O) groups is 2. The first-order valence-corrected chi connectivity index (χ1v) is 10.2. The van der Waals surface area contributed by atoms with Crippen LogP contribution in [0, 0.1) is 0 Å². The summed E-state index contributed by atoms with van der Waals surface area (Å²) in [6.07, 6.45) is 0. The summed E-state index contributed by atoms with van der Waals surface area (Å²) >= 11 is 5.85. The molecule has 7 heteroatoms. The molecule has 0 saturated heterocycles. The van der Waals surface area contributed by atoms with Crippen molar-refractivity contribution in [2.75, 3.05) is 45.2 Å². The predicted molar refractivity (Wildman–Crippen MR) is 116 cm³/mol. The number of anilines is 1. The minimum Gasteiger partial charge on any atom is -0.488 e. The van der Waals surface area contributed by atoms with Crippen LogP contribution in [0.4, 0.5) is 5.69 Å². The normalized spacial score (nSPS) is 11.6. The van der Waals surface area contributed by atoms with Crippen molar-refractivity contribution in [1.82, 2.24) is 4.90 Å². The first kappa shape index (κ1) is 22.7. The molecule has 0 aliphatic rings. The van der Waals surface area contributed by atoms with E-state index >= 15 is 0 Å². The van der Waals surface area contributed by atoms with Gasteiger partial charge in [-0.15, -0.1) is 0 Å². The highest BCUT2D eigenvalue weighted by atomic mass is 35.5. The van der Waals surface area contributed by atoms with E-state index in [0.29, 0.717) is 49.1 Å². The summed E-state index contributed by atoms with van der Waals surface area (Å²) in [4.78, 5) is 27.4. The van der Waals surface area contributed by atoms with E-state index < -0.39 is 0 Å². The van der Waals surface area contributed by atoms with Crippen LogP contribution < -0.4 is 15.0 Å². The maximum atomic E-state index is 12.3. The zero-order chi connectivity index (χ0) is 21.2. The number of likely N-dealkylation sites (N-methyl/N-ethyl adjacent to an activating group) is 1. The molecule has 1 atom stereocenters. The molecular formula is C22H29ClN3O3+. The van der Waals surface area contributed by atoms with Gasteiger partial charge in [0.2, 0.25) is 0 Å². The average Bonchev–Trinajstić information content (AvgIpc) is 2.70. The van der Waals surface area contributed by atoms with Crippen molar-refractivity contribution in [2.24, 2.45) is 0 Å². The molecule has 156 valence electrons. The molecule has 6 nitrogen and oxygen atoms in total. The van der Waals surface area contributed by atoms with Crippen molar-refractivity contribution in [2.45, 2.75) is 13.8 Å². The van der Waals surface area contributed by atoms with Gasteiger partial charge in [0.1, 0.15) is 18.9 Å². The van der Waals surface area contributed by atoms with Crippen LogP contribution in [0.1, 0.15) is 24.2 Å². The molecule has 2 N–H and O–H groups in total. The van der Waals surface area contributed by atoms with E-state index in [1.807, 2.05) is 33.0 Å². The second-order valence-corrected chi connectivity index (χ2v) is 7.23. The van der Waals surface area contributed by atoms with Crippen LogP contribution in [0.25, 0.3) is 0 Å². The van der Waals surface area contributed by atoms with Crippen molar-refractivity contribution in [3.8, 4) is 5.75 Å². The Balaban J connectivity index is 1.76. The second kappa shape index (κ2) is 11.4. The van der Waals surface area contributed by atoms with Gasteiger partial charge < -0.3 is 19.9 Å². The highest BCUT2D eigenvalue weighted by Gasteiger charge is 2.13. The maximum absolute atomic E-state index is 12.3. The van der Waals surface area contributed by atoms with E-state index in [1.165, 1.54) is 0 Å². The molecule has 0 fully saturated rings. The fourth-order valence-corrected chi connectivity index (χ4v) is 2.96. The van der Waals surface area contributed by atoms with Crippen LogP contribution in [0.3, 0.4) is 0 Å². The summed E-state index contributed by atoms with van der Waals surface area (Å²) in [5.41, 5.74) is 1.30. The Labute approximate surface area is 177 Å². The predicted octanol–water partition coefficient (Wildman–Crippen LogP) is 2.35. The quantitative estimate of drug-likeness (QED) is 0.622. The number of halogens is 1. The summed E-state index contributed by atoms with van der Waals surface area (Å²) in [7, 11) is 1.94. The van der Waals surface area contributed by atoms with Gasteiger partial charge in [-0.05, 0) is 62.4 Å². The van der Waals surface area contributed by atoms with Crippen molar-refractivity contribution in [3.05, 3.63) is 59.1 Å². The van der Waals surface area contributed by atoms with Gasteiger partial charge in [-0.2, -0.15) is 0 Å². The molecular weight excluding hydrogens is 390 g/mol. The zero-order valence-electron chi connectivity index (χ0n) is 17.2. The third-order valence-corrected chi connectivity index (χ3v) is 4.79. The number of nitrogens with one attached hydrogen (secondary N) is 2. The van der Waals surface area contributed by atoms with Crippen LogP contribution in [0.15, 0.2) is 48.5 Å². The topological polar surface area (TPSA) is 63.1 Å². The van der Waals surface area contributed by atoms with Crippen molar-refractivity contribution in [3.63, 3.8) is 0 Å². The lowest BCUT2D eigenvalue weighted by Crippen LogP contribution is -3.10. The van der Waals surface area contributed by atoms with Crippen LogP contribution in [0.5, 0.6) is 5.75 Å². The Morgan fingerprint density at radius 1 is 1.03 bits per heavy atom. The highest BCUT2D eigenvalue weighted by molar-refractivity contribution is 6.30. The summed E-state index contributed by atoms with van der Waals surface area (Å²) in [6.45, 7) is 6.76. The minimum atomic E-state index is -0.0863. The lowest BCUT2D eigenvalue weighted by atomic mass is 10.1. The molecule has 2 rings (SSSR count). The number of ether oxygens (including phenoxy) is 1. The largest absolute Gasteiger partial charge is 0.488 e. The Kier molecular flexibility index (Phi) is 8.96. The van der Waals surface area contributed by atoms with E-state index in [4.69, 9.17) is 16.3 Å². The van der Waals surface area contributed by atoms with E-state index in [1.54, 1.807) is 41.3 Å². The molecule has 1 unspecified atom stereocenters. The van der Waals surface area contributed by atoms with Crippen LogP contribution in [-0.2, 0) is 4.79 Å². The van der Waals surface area contributed by atoms with Gasteiger partial charge in [0.15, 0.2) is 6.54 Å². The number of carbonyl (C=O) groups excluding carboxylic acids is 2. The van der Waals surface area contributed by atoms with Gasteiger partial charge in [-0.3, -0.25) is 9.59 Å². The van der Waals surface area contributed by atoms with E-state index in [0.717, 1.165) is 10.6 Å². The first-order chi connectivity index (χ1) is 13.9. The van der Waals surface area contributed by atoms with Crippen LogP contribution in [0.2, 0.25) is 5.02 Å². The summed E-state index contributed by atoms with van der Waals surface area (Å²) in [5, 5.41) is 3.54. The van der Waals surface area contributed by atoms with Crippen LogP contribution >= 0.6 is 11.6 Å². The Hall–Kier alpha value is -2.57. The molecule has 0 saturated carbocycles. The lowest BCUT2D eigenvalue weighted by Gasteiger charge is -2.18. The number of rotatable bonds is 10. The fraction of sp³-hybridized carbons (Fsp3) is 0.364. The molecule has 0 aromatic heterocycles. The highest BCUT2D eigenvalue weighted by Crippen LogP contribution is 2.15. The van der Waals surface area contributed by atoms with Gasteiger partial charge in [0.05, 0.1) is 7.05 Å². The molecule has 0 radical (unpaired) electrons. The second-order valence-electron chi connectivity index (χ2n) is 6.79. The molecule has 2 aromatic carbocycles. The molecule has 0 aliphatic heterocycles. The lowest BCUT2D eigenvalue weighted by molar-refractivity contribution is -0.871. The molecule has 2 aromatic rings. The van der Waals surface area contributed by atoms with Crippen molar-refractivity contribution >= 4 is 29.1 Å². The zero-order valence-corrected chi connectivity index (χ0v) is 18.0. The number of quaternary nitrogens is 1. The molecule has 0 spiro atoms. The number of nitrogens with zero attached hydrogens (tertiary/aromatic N) is 1. The van der Waals surface area contributed by atoms with E-state index in [-0.39, 0.29) is 11.8 Å². The third kappa shape index (κ3) is 7.40. The summed E-state index contributed by atoms with van der Waals surface area (Å²) < 4.78 is 5.66. The standard InChI is InChI=1S/C22H28ClN3O3/c1-4-26(5-2)22(28)17-6-10-19(11-7-17)24-21(27)16-25(3)14-15-29-20-12-8-18(23)9-13-20/h6-13H,4-5,14-16H2,1-3H3,(H,24,27)/p+1. The Bertz CT molecular complexity index is 790. The summed E-state index contributed by atoms with van der Waals surface area (Å²) in [6, 6.07) is 14.2. The van der Waals surface area contributed by atoms with Crippen LogP contribution in [-0.4, -0.2) is 56.5 Å². The number of amides is 2. The smallest absolute Gasteiger partial charge is 0.279 e. The SMILES string of the molecule is CCN(CC)C(=O)c1ccc(NC(=O)C[NH+](C)CCOc2ccc(Cl)cc2)cc1. The monoisotopic (exact) mass is 418 g/mol. The van der Waals surface area contributed by atoms with Gasteiger partial charge in [0, 0.05) is 29.4 Å². The van der Waals surface area contributed by atoms with Crippen molar-refractivity contribution in [1.29, 1.82) is 0 Å². The van der Waals surface area contributed by atoms with E-state index in [2.05, 4.69) is 5.32 Å². The molecule has 29 heavy (non-hydrogen) atoms. The molecule has 0 bridgehead atoms.